The van der Waals surface area contributed by atoms with Crippen LogP contribution in [0.15, 0.2) is 23.3 Å². The molecule has 0 aliphatic heterocycles. The molecule has 0 spiro atoms. The van der Waals surface area contributed by atoms with Crippen LogP contribution in [0.3, 0.4) is 0 Å². The van der Waals surface area contributed by atoms with Gasteiger partial charge in [0.25, 0.3) is 0 Å². The normalized spacial score (nSPS) is 22.7. The second-order valence-electron chi connectivity index (χ2n) is 5.94. The number of carbonyl (C=O) groups is 2. The molecule has 0 aromatic carbocycles. The van der Waals surface area contributed by atoms with Crippen molar-refractivity contribution >= 4 is 11.8 Å². The van der Waals surface area contributed by atoms with Crippen molar-refractivity contribution in [2.45, 2.75) is 53.4 Å². The maximum Gasteiger partial charge on any atom is 0.302 e. The van der Waals surface area contributed by atoms with Gasteiger partial charge in [-0.3, -0.25) is 9.59 Å². The molecule has 1 unspecified atom stereocenters. The Morgan fingerprint density at radius 2 is 2.11 bits per heavy atom. The average molecular weight is 264 g/mol. The minimum Gasteiger partial charge on any atom is -0.461 e. The van der Waals surface area contributed by atoms with Gasteiger partial charge in [-0.15, -0.1) is 0 Å². The third-order valence-corrected chi connectivity index (χ3v) is 3.52. The number of hydrogen-bond acceptors (Lipinski definition) is 3. The van der Waals surface area contributed by atoms with Gasteiger partial charge >= 0.3 is 5.97 Å². The fourth-order valence-electron chi connectivity index (χ4n) is 2.28. The van der Waals surface area contributed by atoms with Crippen LogP contribution in [0.2, 0.25) is 0 Å². The number of ether oxygens (including phenoxy) is 1. The molecular formula is C16H24O3. The third kappa shape index (κ3) is 5.41. The molecule has 0 saturated carbocycles. The molecule has 0 bridgehead atoms. The van der Waals surface area contributed by atoms with E-state index in [0.29, 0.717) is 12.0 Å². The highest BCUT2D eigenvalue weighted by Crippen LogP contribution is 2.37. The number of esters is 1. The van der Waals surface area contributed by atoms with Crippen LogP contribution in [0.1, 0.15) is 53.4 Å². The molecule has 0 aromatic rings. The molecular weight excluding hydrogens is 240 g/mol. The lowest BCUT2D eigenvalue weighted by Gasteiger charge is -2.31. The van der Waals surface area contributed by atoms with E-state index in [1.807, 2.05) is 6.08 Å². The number of ketones is 1. The molecule has 106 valence electrons. The Balaban J connectivity index is 2.57. The molecule has 0 N–H and O–H groups in total. The predicted octanol–water partition coefficient (Wildman–Crippen LogP) is 3.59. The van der Waals surface area contributed by atoms with Gasteiger partial charge in [-0.05, 0) is 38.5 Å². The smallest absolute Gasteiger partial charge is 0.302 e. The van der Waals surface area contributed by atoms with E-state index in [1.54, 1.807) is 0 Å². The number of carbonyl (C=O) groups excluding carboxylic acids is 2. The van der Waals surface area contributed by atoms with Gasteiger partial charge in [-0.25, -0.2) is 0 Å². The fraction of sp³-hybridized carbons (Fsp3) is 0.625. The number of allylic oxidation sites excluding steroid dienone is 3. The largest absolute Gasteiger partial charge is 0.461 e. The van der Waals surface area contributed by atoms with E-state index < -0.39 is 0 Å². The second-order valence-corrected chi connectivity index (χ2v) is 5.94. The zero-order valence-corrected chi connectivity index (χ0v) is 12.4. The van der Waals surface area contributed by atoms with Crippen LogP contribution in [-0.4, -0.2) is 18.4 Å². The van der Waals surface area contributed by atoms with E-state index in [1.165, 1.54) is 12.5 Å². The van der Waals surface area contributed by atoms with Gasteiger partial charge in [-0.1, -0.05) is 24.6 Å². The van der Waals surface area contributed by atoms with Crippen molar-refractivity contribution in [3.63, 3.8) is 0 Å². The van der Waals surface area contributed by atoms with E-state index in [9.17, 15) is 9.59 Å². The molecule has 1 rings (SSSR count). The third-order valence-electron chi connectivity index (χ3n) is 3.52. The molecule has 3 heteroatoms. The SMILES string of the molecule is CC(=O)OCC1=CCC(C)(CCC=C(C)C)CC1=O. The Morgan fingerprint density at radius 3 is 2.63 bits per heavy atom. The van der Waals surface area contributed by atoms with Crippen LogP contribution in [-0.2, 0) is 14.3 Å². The summed E-state index contributed by atoms with van der Waals surface area (Å²) in [5.74, 6) is -0.224. The average Bonchev–Trinajstić information content (AvgIpc) is 2.26. The summed E-state index contributed by atoms with van der Waals surface area (Å²) < 4.78 is 4.89. The lowest BCUT2D eigenvalue weighted by molar-refractivity contribution is -0.140. The summed E-state index contributed by atoms with van der Waals surface area (Å²) in [6.45, 7) is 7.81. The minimum absolute atomic E-state index is 0.0444. The van der Waals surface area contributed by atoms with Gasteiger partial charge in [0.15, 0.2) is 5.78 Å². The van der Waals surface area contributed by atoms with Crippen molar-refractivity contribution in [1.29, 1.82) is 0 Å². The highest BCUT2D eigenvalue weighted by molar-refractivity contribution is 5.97. The molecule has 0 heterocycles. The highest BCUT2D eigenvalue weighted by atomic mass is 16.5. The number of rotatable bonds is 5. The van der Waals surface area contributed by atoms with Crippen LogP contribution in [0, 0.1) is 5.41 Å². The molecule has 19 heavy (non-hydrogen) atoms. The van der Waals surface area contributed by atoms with Crippen LogP contribution in [0.5, 0.6) is 0 Å². The topological polar surface area (TPSA) is 43.4 Å². The Hall–Kier alpha value is -1.38. The first-order valence-electron chi connectivity index (χ1n) is 6.81. The highest BCUT2D eigenvalue weighted by Gasteiger charge is 2.31. The summed E-state index contributed by atoms with van der Waals surface area (Å²) in [5.41, 5.74) is 2.01. The summed E-state index contributed by atoms with van der Waals surface area (Å²) in [7, 11) is 0. The van der Waals surface area contributed by atoms with Crippen LogP contribution in [0.4, 0.5) is 0 Å². The van der Waals surface area contributed by atoms with Crippen molar-refractivity contribution in [2.75, 3.05) is 6.61 Å². The van der Waals surface area contributed by atoms with Gasteiger partial charge in [-0.2, -0.15) is 0 Å². The molecule has 1 aliphatic carbocycles. The van der Waals surface area contributed by atoms with Gasteiger partial charge in [0.05, 0.1) is 0 Å². The van der Waals surface area contributed by atoms with Gasteiger partial charge in [0.1, 0.15) is 6.61 Å². The van der Waals surface area contributed by atoms with Gasteiger partial charge in [0.2, 0.25) is 0 Å². The second kappa shape index (κ2) is 6.69. The van der Waals surface area contributed by atoms with Gasteiger partial charge < -0.3 is 4.74 Å². The molecule has 0 aromatic heterocycles. The standard InChI is InChI=1S/C16H24O3/c1-12(2)6-5-8-16(4)9-7-14(15(18)10-16)11-19-13(3)17/h6-7H,5,8-11H2,1-4H3. The first-order valence-corrected chi connectivity index (χ1v) is 6.81. The molecule has 1 atom stereocenters. The number of hydrogen-bond donors (Lipinski definition) is 0. The Bertz CT molecular complexity index is 414. The van der Waals surface area contributed by atoms with Crippen molar-refractivity contribution in [1.82, 2.24) is 0 Å². The van der Waals surface area contributed by atoms with E-state index in [-0.39, 0.29) is 23.8 Å². The van der Waals surface area contributed by atoms with Crippen molar-refractivity contribution in [3.8, 4) is 0 Å². The molecule has 0 fully saturated rings. The van der Waals surface area contributed by atoms with Crippen LogP contribution >= 0.6 is 0 Å². The Labute approximate surface area is 115 Å². The number of Topliss-reactive ketones (excluding diaryl/α,β-unsaturated/α-hetero) is 1. The Kier molecular flexibility index (Phi) is 5.52. The zero-order chi connectivity index (χ0) is 14.5. The van der Waals surface area contributed by atoms with Crippen molar-refractivity contribution < 1.29 is 14.3 Å². The van der Waals surface area contributed by atoms with Crippen LogP contribution < -0.4 is 0 Å². The quantitative estimate of drug-likeness (QED) is 0.563. The first kappa shape index (κ1) is 15.7. The lowest BCUT2D eigenvalue weighted by atomic mass is 9.73. The fourth-order valence-corrected chi connectivity index (χ4v) is 2.28. The summed E-state index contributed by atoms with van der Waals surface area (Å²) in [4.78, 5) is 22.8. The van der Waals surface area contributed by atoms with E-state index in [0.717, 1.165) is 19.3 Å². The zero-order valence-electron chi connectivity index (χ0n) is 12.4. The van der Waals surface area contributed by atoms with Crippen molar-refractivity contribution in [3.05, 3.63) is 23.3 Å². The summed E-state index contributed by atoms with van der Waals surface area (Å²) in [6, 6.07) is 0. The summed E-state index contributed by atoms with van der Waals surface area (Å²) in [5, 5.41) is 0. The van der Waals surface area contributed by atoms with Crippen LogP contribution in [0.25, 0.3) is 0 Å². The monoisotopic (exact) mass is 264 g/mol. The Morgan fingerprint density at radius 1 is 1.42 bits per heavy atom. The summed E-state index contributed by atoms with van der Waals surface area (Å²) in [6.07, 6.45) is 7.62. The minimum atomic E-state index is -0.342. The lowest BCUT2D eigenvalue weighted by Crippen LogP contribution is -2.27. The molecule has 3 nitrogen and oxygen atoms in total. The van der Waals surface area contributed by atoms with E-state index in [2.05, 4.69) is 26.8 Å². The van der Waals surface area contributed by atoms with E-state index in [4.69, 9.17) is 4.74 Å². The van der Waals surface area contributed by atoms with Crippen molar-refractivity contribution in [2.24, 2.45) is 5.41 Å². The first-order chi connectivity index (χ1) is 8.82. The molecule has 0 saturated heterocycles. The molecule has 0 radical (unpaired) electrons. The maximum atomic E-state index is 12.0. The van der Waals surface area contributed by atoms with E-state index >= 15 is 0 Å². The molecule has 1 aliphatic rings. The molecule has 0 amide bonds. The maximum absolute atomic E-state index is 12.0. The van der Waals surface area contributed by atoms with Gasteiger partial charge in [0, 0.05) is 18.9 Å². The predicted molar refractivity (Wildman–Crippen MR) is 75.7 cm³/mol. The summed E-state index contributed by atoms with van der Waals surface area (Å²) >= 11 is 0.